The van der Waals surface area contributed by atoms with Gasteiger partial charge in [-0.2, -0.15) is 0 Å². The van der Waals surface area contributed by atoms with Gasteiger partial charge < -0.3 is 4.90 Å². The van der Waals surface area contributed by atoms with Crippen molar-refractivity contribution in [1.82, 2.24) is 9.80 Å². The maximum atomic E-state index is 12.1. The summed E-state index contributed by atoms with van der Waals surface area (Å²) in [5.74, 6) is -0.746. The fourth-order valence-corrected chi connectivity index (χ4v) is 2.56. The van der Waals surface area contributed by atoms with Crippen molar-refractivity contribution >= 4 is 29.5 Å². The number of imide groups is 1. The highest BCUT2D eigenvalue weighted by Gasteiger charge is 2.31. The molecule has 0 spiro atoms. The molecule has 1 aliphatic heterocycles. The van der Waals surface area contributed by atoms with E-state index in [0.717, 1.165) is 10.5 Å². The van der Waals surface area contributed by atoms with Crippen LogP contribution in [0.15, 0.2) is 29.2 Å². The fraction of sp³-hybridized carbons (Fsp3) is 0.400. The summed E-state index contributed by atoms with van der Waals surface area (Å²) < 4.78 is 0. The van der Waals surface area contributed by atoms with Gasteiger partial charge in [0.25, 0.3) is 0 Å². The number of amides is 3. The lowest BCUT2D eigenvalue weighted by molar-refractivity contribution is -0.145. The summed E-state index contributed by atoms with van der Waals surface area (Å²) in [5, 5.41) is 0. The van der Waals surface area contributed by atoms with Crippen molar-refractivity contribution < 1.29 is 14.4 Å². The predicted octanol–water partition coefficient (Wildman–Crippen LogP) is 1.52. The Bertz CT molecular complexity index is 541. The Balaban J connectivity index is 1.92. The van der Waals surface area contributed by atoms with Crippen LogP contribution in [0.5, 0.6) is 0 Å². The SMILES string of the molecule is CSc1ccc(CN(C)C(=O)CN2C(=O)CCC2=O)cc1. The van der Waals surface area contributed by atoms with E-state index in [-0.39, 0.29) is 37.1 Å². The van der Waals surface area contributed by atoms with Crippen molar-refractivity contribution in [1.29, 1.82) is 0 Å². The van der Waals surface area contributed by atoms with Crippen LogP contribution in [0.3, 0.4) is 0 Å². The first-order chi connectivity index (χ1) is 10.0. The molecule has 2 rings (SSSR count). The van der Waals surface area contributed by atoms with Gasteiger partial charge in [-0.25, -0.2) is 0 Å². The summed E-state index contributed by atoms with van der Waals surface area (Å²) in [5.41, 5.74) is 1.02. The summed E-state index contributed by atoms with van der Waals surface area (Å²) >= 11 is 1.66. The molecular formula is C15H18N2O3S. The molecule has 1 saturated heterocycles. The molecule has 0 unspecified atom stereocenters. The number of carbonyl (C=O) groups excluding carboxylic acids is 3. The van der Waals surface area contributed by atoms with Crippen molar-refractivity contribution in [3.05, 3.63) is 29.8 Å². The minimum absolute atomic E-state index is 0.156. The number of thioether (sulfide) groups is 1. The smallest absolute Gasteiger partial charge is 0.242 e. The minimum Gasteiger partial charge on any atom is -0.340 e. The number of rotatable bonds is 5. The second-order valence-electron chi connectivity index (χ2n) is 4.97. The first kappa shape index (κ1) is 15.6. The number of nitrogens with zero attached hydrogens (tertiary/aromatic N) is 2. The van der Waals surface area contributed by atoms with Crippen molar-refractivity contribution in [2.75, 3.05) is 19.8 Å². The average molecular weight is 306 g/mol. The molecule has 5 nitrogen and oxygen atoms in total. The number of likely N-dealkylation sites (N-methyl/N-ethyl adjacent to an activating group) is 1. The molecule has 0 aromatic heterocycles. The lowest BCUT2D eigenvalue weighted by Crippen LogP contribution is -2.40. The van der Waals surface area contributed by atoms with Gasteiger partial charge in [-0.05, 0) is 24.0 Å². The van der Waals surface area contributed by atoms with Gasteiger partial charge in [-0.1, -0.05) is 12.1 Å². The van der Waals surface area contributed by atoms with Gasteiger partial charge in [0.2, 0.25) is 17.7 Å². The molecule has 0 saturated carbocycles. The van der Waals surface area contributed by atoms with Crippen LogP contribution >= 0.6 is 11.8 Å². The van der Waals surface area contributed by atoms with Crippen LogP contribution in [0.4, 0.5) is 0 Å². The van der Waals surface area contributed by atoms with E-state index in [1.165, 1.54) is 9.80 Å². The Hall–Kier alpha value is -1.82. The monoisotopic (exact) mass is 306 g/mol. The van der Waals surface area contributed by atoms with Crippen LogP contribution in [0.2, 0.25) is 0 Å². The Morgan fingerprint density at radius 1 is 1.19 bits per heavy atom. The van der Waals surface area contributed by atoms with Crippen LogP contribution < -0.4 is 0 Å². The maximum absolute atomic E-state index is 12.1. The molecule has 21 heavy (non-hydrogen) atoms. The molecule has 112 valence electrons. The van der Waals surface area contributed by atoms with Gasteiger partial charge in [-0.3, -0.25) is 19.3 Å². The van der Waals surface area contributed by atoms with E-state index < -0.39 is 0 Å². The summed E-state index contributed by atoms with van der Waals surface area (Å²) in [7, 11) is 1.68. The second-order valence-corrected chi connectivity index (χ2v) is 5.85. The Kier molecular flexibility index (Phi) is 5.01. The Morgan fingerprint density at radius 2 is 1.76 bits per heavy atom. The normalized spacial score (nSPS) is 14.7. The highest BCUT2D eigenvalue weighted by molar-refractivity contribution is 7.98. The third-order valence-electron chi connectivity index (χ3n) is 3.45. The highest BCUT2D eigenvalue weighted by atomic mass is 32.2. The van der Waals surface area contributed by atoms with E-state index in [1.54, 1.807) is 18.8 Å². The number of hydrogen-bond donors (Lipinski definition) is 0. The van der Waals surface area contributed by atoms with Gasteiger partial charge in [0.05, 0.1) is 0 Å². The number of hydrogen-bond acceptors (Lipinski definition) is 4. The first-order valence-corrected chi connectivity index (χ1v) is 7.94. The summed E-state index contributed by atoms with van der Waals surface area (Å²) in [4.78, 5) is 38.9. The molecule has 3 amide bonds. The lowest BCUT2D eigenvalue weighted by Gasteiger charge is -2.20. The molecule has 1 fully saturated rings. The van der Waals surface area contributed by atoms with Gasteiger partial charge in [0.15, 0.2) is 0 Å². The zero-order valence-corrected chi connectivity index (χ0v) is 13.0. The Morgan fingerprint density at radius 3 is 2.29 bits per heavy atom. The number of likely N-dealkylation sites (tertiary alicyclic amines) is 1. The standard InChI is InChI=1S/C15H18N2O3S/c1-16(9-11-3-5-12(21-2)6-4-11)15(20)10-17-13(18)7-8-14(17)19/h3-6H,7-10H2,1-2H3. The summed E-state index contributed by atoms with van der Waals surface area (Å²) in [6.45, 7) is 0.306. The van der Waals surface area contributed by atoms with E-state index in [1.807, 2.05) is 30.5 Å². The molecule has 0 atom stereocenters. The van der Waals surface area contributed by atoms with Crippen LogP contribution in [0, 0.1) is 0 Å². The molecule has 0 N–H and O–H groups in total. The number of benzene rings is 1. The van der Waals surface area contributed by atoms with Crippen molar-refractivity contribution in [2.24, 2.45) is 0 Å². The third-order valence-corrected chi connectivity index (χ3v) is 4.20. The predicted molar refractivity (Wildman–Crippen MR) is 80.7 cm³/mol. The molecule has 1 aromatic rings. The van der Waals surface area contributed by atoms with E-state index in [4.69, 9.17) is 0 Å². The van der Waals surface area contributed by atoms with Crippen LogP contribution in [-0.2, 0) is 20.9 Å². The van der Waals surface area contributed by atoms with Gasteiger partial charge in [-0.15, -0.1) is 11.8 Å². The molecule has 6 heteroatoms. The Labute approximate surface area is 128 Å². The highest BCUT2D eigenvalue weighted by Crippen LogP contribution is 2.16. The third kappa shape index (κ3) is 3.85. The average Bonchev–Trinajstić information content (AvgIpc) is 2.79. The molecule has 0 radical (unpaired) electrons. The molecule has 0 aliphatic carbocycles. The van der Waals surface area contributed by atoms with Gasteiger partial charge in [0, 0.05) is 31.3 Å². The first-order valence-electron chi connectivity index (χ1n) is 6.71. The molecule has 1 aromatic carbocycles. The largest absolute Gasteiger partial charge is 0.340 e. The van der Waals surface area contributed by atoms with E-state index in [2.05, 4.69) is 0 Å². The fourth-order valence-electron chi connectivity index (χ4n) is 2.15. The topological polar surface area (TPSA) is 57.7 Å². The quantitative estimate of drug-likeness (QED) is 0.611. The zero-order chi connectivity index (χ0) is 15.4. The van der Waals surface area contributed by atoms with Crippen LogP contribution in [0.25, 0.3) is 0 Å². The summed E-state index contributed by atoms with van der Waals surface area (Å²) in [6.07, 6.45) is 2.44. The van der Waals surface area contributed by atoms with Gasteiger partial charge >= 0.3 is 0 Å². The van der Waals surface area contributed by atoms with E-state index in [0.29, 0.717) is 6.54 Å². The van der Waals surface area contributed by atoms with E-state index >= 15 is 0 Å². The maximum Gasteiger partial charge on any atom is 0.242 e. The van der Waals surface area contributed by atoms with Crippen molar-refractivity contribution in [3.63, 3.8) is 0 Å². The molecule has 0 bridgehead atoms. The number of carbonyl (C=O) groups is 3. The van der Waals surface area contributed by atoms with Crippen molar-refractivity contribution in [3.8, 4) is 0 Å². The lowest BCUT2D eigenvalue weighted by atomic mass is 10.2. The molecule has 1 heterocycles. The molecule has 1 aliphatic rings. The van der Waals surface area contributed by atoms with Crippen LogP contribution in [-0.4, -0.2) is 47.4 Å². The summed E-state index contributed by atoms with van der Waals surface area (Å²) in [6, 6.07) is 7.96. The molecular weight excluding hydrogens is 288 g/mol. The van der Waals surface area contributed by atoms with Crippen molar-refractivity contribution in [2.45, 2.75) is 24.3 Å². The van der Waals surface area contributed by atoms with Crippen LogP contribution in [0.1, 0.15) is 18.4 Å². The van der Waals surface area contributed by atoms with Gasteiger partial charge in [0.1, 0.15) is 6.54 Å². The zero-order valence-electron chi connectivity index (χ0n) is 12.2. The van der Waals surface area contributed by atoms with E-state index in [9.17, 15) is 14.4 Å². The second kappa shape index (κ2) is 6.76. The minimum atomic E-state index is -0.258.